The number of nitrogens with two attached hydrogens (primary N) is 1. The quantitative estimate of drug-likeness (QED) is 0.779. The van der Waals surface area contributed by atoms with E-state index in [0.717, 1.165) is 31.5 Å². The molecule has 154 valence electrons. The fourth-order valence-electron chi connectivity index (χ4n) is 3.76. The molecule has 2 N–H and O–H groups in total. The molecule has 1 heterocycles. The van der Waals surface area contributed by atoms with Crippen molar-refractivity contribution in [3.63, 3.8) is 0 Å². The highest BCUT2D eigenvalue weighted by atomic mass is 35.5. The Bertz CT molecular complexity index is 714. The SMILES string of the molecule is CC(C(=O)N(C)C1CCCN(c2ccccc2)C1)C(N)c1ccccc1.Cl.Cl. The Morgan fingerprint density at radius 2 is 1.64 bits per heavy atom. The van der Waals surface area contributed by atoms with Crippen molar-refractivity contribution in [1.82, 2.24) is 4.90 Å². The zero-order valence-electron chi connectivity index (χ0n) is 16.5. The van der Waals surface area contributed by atoms with Gasteiger partial charge in [-0.3, -0.25) is 4.79 Å². The summed E-state index contributed by atoms with van der Waals surface area (Å²) in [5.74, 6) is -0.115. The molecular weight excluding hydrogens is 393 g/mol. The van der Waals surface area contributed by atoms with Crippen molar-refractivity contribution in [2.45, 2.75) is 31.8 Å². The average molecular weight is 424 g/mol. The third kappa shape index (κ3) is 5.63. The Hall–Kier alpha value is -1.75. The zero-order chi connectivity index (χ0) is 18.5. The summed E-state index contributed by atoms with van der Waals surface area (Å²) in [6.45, 7) is 3.86. The van der Waals surface area contributed by atoms with Gasteiger partial charge in [-0.1, -0.05) is 55.5 Å². The fraction of sp³-hybridized carbons (Fsp3) is 0.409. The van der Waals surface area contributed by atoms with Crippen molar-refractivity contribution in [1.29, 1.82) is 0 Å². The lowest BCUT2D eigenvalue weighted by Crippen LogP contribution is -2.50. The number of anilines is 1. The molecule has 2 aromatic rings. The average Bonchev–Trinajstić information content (AvgIpc) is 2.73. The number of rotatable bonds is 5. The Balaban J connectivity index is 0.00000196. The van der Waals surface area contributed by atoms with E-state index in [9.17, 15) is 4.79 Å². The Labute approximate surface area is 180 Å². The molecule has 3 unspecified atom stereocenters. The van der Waals surface area contributed by atoms with Gasteiger partial charge in [0.05, 0.1) is 5.92 Å². The van der Waals surface area contributed by atoms with Gasteiger partial charge in [0, 0.05) is 37.9 Å². The van der Waals surface area contributed by atoms with Crippen molar-refractivity contribution < 1.29 is 4.79 Å². The molecule has 28 heavy (non-hydrogen) atoms. The first kappa shape index (κ1) is 24.3. The van der Waals surface area contributed by atoms with E-state index >= 15 is 0 Å². The van der Waals surface area contributed by atoms with Crippen LogP contribution in [-0.4, -0.2) is 37.0 Å². The molecule has 1 fully saturated rings. The number of piperidine rings is 1. The van der Waals surface area contributed by atoms with Crippen LogP contribution in [0.1, 0.15) is 31.4 Å². The van der Waals surface area contributed by atoms with Crippen molar-refractivity contribution in [3.05, 3.63) is 66.2 Å². The highest BCUT2D eigenvalue weighted by Gasteiger charge is 2.31. The number of benzene rings is 2. The van der Waals surface area contributed by atoms with E-state index in [2.05, 4.69) is 29.2 Å². The van der Waals surface area contributed by atoms with Crippen LogP contribution in [0.3, 0.4) is 0 Å². The van der Waals surface area contributed by atoms with E-state index in [4.69, 9.17) is 5.73 Å². The van der Waals surface area contributed by atoms with Gasteiger partial charge in [-0.2, -0.15) is 0 Å². The number of likely N-dealkylation sites (N-methyl/N-ethyl adjacent to an activating group) is 1. The Kier molecular flexibility index (Phi) is 9.80. The number of hydrogen-bond acceptors (Lipinski definition) is 3. The van der Waals surface area contributed by atoms with Crippen molar-refractivity contribution in [2.24, 2.45) is 11.7 Å². The summed E-state index contributed by atoms with van der Waals surface area (Å²) in [6.07, 6.45) is 2.13. The second-order valence-corrected chi connectivity index (χ2v) is 7.25. The van der Waals surface area contributed by atoms with Crippen molar-refractivity contribution in [3.8, 4) is 0 Å². The largest absolute Gasteiger partial charge is 0.369 e. The monoisotopic (exact) mass is 423 g/mol. The van der Waals surface area contributed by atoms with Crippen molar-refractivity contribution in [2.75, 3.05) is 25.0 Å². The molecule has 0 bridgehead atoms. The van der Waals surface area contributed by atoms with Gasteiger partial charge in [-0.05, 0) is 30.5 Å². The lowest BCUT2D eigenvalue weighted by Gasteiger charge is -2.40. The standard InChI is InChI=1S/C22H29N3O.2ClH/c1-17(21(23)18-10-5-3-6-11-18)22(26)24(2)20-14-9-15-25(16-20)19-12-7-4-8-13-19;;/h3-8,10-13,17,20-21H,9,14-16,23H2,1-2H3;2*1H. The molecule has 1 amide bonds. The smallest absolute Gasteiger partial charge is 0.227 e. The summed E-state index contributed by atoms with van der Waals surface area (Å²) in [6, 6.07) is 20.3. The van der Waals surface area contributed by atoms with Crippen LogP contribution in [0.2, 0.25) is 0 Å². The number of amides is 1. The Morgan fingerprint density at radius 3 is 2.25 bits per heavy atom. The van der Waals surface area contributed by atoms with E-state index < -0.39 is 0 Å². The molecule has 2 aromatic carbocycles. The van der Waals surface area contributed by atoms with Gasteiger partial charge in [-0.25, -0.2) is 0 Å². The maximum Gasteiger partial charge on any atom is 0.227 e. The molecule has 1 saturated heterocycles. The molecule has 6 heteroatoms. The molecule has 0 aliphatic carbocycles. The van der Waals surface area contributed by atoms with Crippen LogP contribution in [0.25, 0.3) is 0 Å². The van der Waals surface area contributed by atoms with Gasteiger partial charge in [0.2, 0.25) is 5.91 Å². The van der Waals surface area contributed by atoms with Gasteiger partial charge in [0.25, 0.3) is 0 Å². The van der Waals surface area contributed by atoms with E-state index in [1.807, 2.05) is 55.3 Å². The molecule has 1 aliphatic heterocycles. The third-order valence-corrected chi connectivity index (χ3v) is 5.53. The third-order valence-electron chi connectivity index (χ3n) is 5.53. The summed E-state index contributed by atoms with van der Waals surface area (Å²) in [5, 5.41) is 0. The number of carbonyl (C=O) groups is 1. The maximum atomic E-state index is 13.0. The summed E-state index contributed by atoms with van der Waals surface area (Å²) in [4.78, 5) is 17.3. The van der Waals surface area contributed by atoms with Crippen LogP contribution in [0.5, 0.6) is 0 Å². The highest BCUT2D eigenvalue weighted by molar-refractivity contribution is 5.85. The van der Waals surface area contributed by atoms with E-state index in [1.165, 1.54) is 5.69 Å². The zero-order valence-corrected chi connectivity index (χ0v) is 18.2. The summed E-state index contributed by atoms with van der Waals surface area (Å²) >= 11 is 0. The maximum absolute atomic E-state index is 13.0. The number of nitrogens with zero attached hydrogens (tertiary/aromatic N) is 2. The molecule has 3 rings (SSSR count). The van der Waals surface area contributed by atoms with Gasteiger partial charge in [-0.15, -0.1) is 24.8 Å². The first-order valence-corrected chi connectivity index (χ1v) is 9.45. The fourth-order valence-corrected chi connectivity index (χ4v) is 3.76. The van der Waals surface area contributed by atoms with Crippen LogP contribution in [0.4, 0.5) is 5.69 Å². The molecule has 1 aliphatic rings. The minimum absolute atomic E-state index is 0. The van der Waals surface area contributed by atoms with Crippen LogP contribution < -0.4 is 10.6 Å². The van der Waals surface area contributed by atoms with E-state index in [1.54, 1.807) is 0 Å². The summed E-state index contributed by atoms with van der Waals surface area (Å²) < 4.78 is 0. The molecule has 0 spiro atoms. The molecule has 0 radical (unpaired) electrons. The molecule has 0 aromatic heterocycles. The first-order chi connectivity index (χ1) is 12.6. The van der Waals surface area contributed by atoms with Gasteiger partial charge < -0.3 is 15.5 Å². The molecule has 0 saturated carbocycles. The minimum Gasteiger partial charge on any atom is -0.369 e. The Morgan fingerprint density at radius 1 is 1.07 bits per heavy atom. The van der Waals surface area contributed by atoms with Crippen molar-refractivity contribution >= 4 is 36.4 Å². The van der Waals surface area contributed by atoms with Crippen LogP contribution in [-0.2, 0) is 4.79 Å². The topological polar surface area (TPSA) is 49.6 Å². The lowest BCUT2D eigenvalue weighted by atomic mass is 9.93. The number of carbonyl (C=O) groups excluding carboxylic acids is 1. The molecule has 4 nitrogen and oxygen atoms in total. The van der Waals surface area contributed by atoms with Crippen LogP contribution in [0, 0.1) is 5.92 Å². The second-order valence-electron chi connectivity index (χ2n) is 7.25. The number of halogens is 2. The number of hydrogen-bond donors (Lipinski definition) is 1. The lowest BCUT2D eigenvalue weighted by molar-refractivity contribution is -0.136. The van der Waals surface area contributed by atoms with Gasteiger partial charge >= 0.3 is 0 Å². The first-order valence-electron chi connectivity index (χ1n) is 9.45. The van der Waals surface area contributed by atoms with E-state index in [-0.39, 0.29) is 48.7 Å². The van der Waals surface area contributed by atoms with Gasteiger partial charge in [0.15, 0.2) is 0 Å². The minimum atomic E-state index is -0.278. The number of para-hydroxylation sites is 1. The highest BCUT2D eigenvalue weighted by Crippen LogP contribution is 2.25. The molecule has 3 atom stereocenters. The van der Waals surface area contributed by atoms with E-state index in [0.29, 0.717) is 0 Å². The predicted octanol–water partition coefficient (Wildman–Crippen LogP) is 4.29. The molecular formula is C22H31Cl2N3O. The predicted molar refractivity (Wildman–Crippen MR) is 121 cm³/mol. The normalized spacial score (nSPS) is 18.2. The van der Waals surface area contributed by atoms with Crippen LogP contribution >= 0.6 is 24.8 Å². The van der Waals surface area contributed by atoms with Crippen LogP contribution in [0.15, 0.2) is 60.7 Å². The van der Waals surface area contributed by atoms with Gasteiger partial charge in [0.1, 0.15) is 0 Å². The summed E-state index contributed by atoms with van der Waals surface area (Å²) in [7, 11) is 1.93. The second kappa shape index (κ2) is 11.3. The summed E-state index contributed by atoms with van der Waals surface area (Å²) in [5.41, 5.74) is 8.61.